The Labute approximate surface area is 196 Å². The Hall–Kier alpha value is -2.84. The van der Waals surface area contributed by atoms with Crippen LogP contribution < -0.4 is 10.1 Å². The number of hydrogen-bond acceptors (Lipinski definition) is 4. The number of carboxylic acids is 1. The number of carboxylic acid groups (broad SMARTS) is 1. The number of hydrogen-bond donors (Lipinski definition) is 3. The summed E-state index contributed by atoms with van der Waals surface area (Å²) in [6.07, 6.45) is 0.544. The predicted molar refractivity (Wildman–Crippen MR) is 124 cm³/mol. The molecular weight excluding hydrogens is 530 g/mol. The van der Waals surface area contributed by atoms with E-state index in [2.05, 4.69) is 37.2 Å². The van der Waals surface area contributed by atoms with E-state index in [0.29, 0.717) is 44.5 Å². The number of phenols is 1. The number of carbonyl (C=O) groups excluding carboxylic acids is 1. The molecule has 6 nitrogen and oxygen atoms in total. The predicted octanol–water partition coefficient (Wildman–Crippen LogP) is 5.31. The highest BCUT2D eigenvalue weighted by molar-refractivity contribution is 9.11. The third kappa shape index (κ3) is 6.57. The van der Waals surface area contributed by atoms with Gasteiger partial charge >= 0.3 is 5.97 Å². The van der Waals surface area contributed by atoms with Crippen LogP contribution in [-0.4, -0.2) is 28.6 Å². The molecular formula is C23H19Br2NO5. The van der Waals surface area contributed by atoms with Crippen molar-refractivity contribution in [1.82, 2.24) is 5.32 Å². The highest BCUT2D eigenvalue weighted by atomic mass is 79.9. The van der Waals surface area contributed by atoms with Gasteiger partial charge < -0.3 is 20.3 Å². The van der Waals surface area contributed by atoms with E-state index in [1.807, 2.05) is 12.1 Å². The summed E-state index contributed by atoms with van der Waals surface area (Å²) in [5.74, 6) is 0.0211. The lowest BCUT2D eigenvalue weighted by Crippen LogP contribution is -2.25. The van der Waals surface area contributed by atoms with Gasteiger partial charge in [-0.15, -0.1) is 0 Å². The Balaban J connectivity index is 1.65. The van der Waals surface area contributed by atoms with Crippen LogP contribution in [-0.2, 0) is 17.6 Å². The number of ether oxygens (including phenoxy) is 1. The quantitative estimate of drug-likeness (QED) is 0.354. The van der Waals surface area contributed by atoms with Crippen LogP contribution >= 0.6 is 31.9 Å². The lowest BCUT2D eigenvalue weighted by atomic mass is 10.1. The Morgan fingerprint density at radius 1 is 0.935 bits per heavy atom. The fourth-order valence-corrected chi connectivity index (χ4v) is 4.33. The second-order valence-electron chi connectivity index (χ2n) is 6.76. The number of carbonyl (C=O) groups is 2. The summed E-state index contributed by atoms with van der Waals surface area (Å²) in [5.41, 5.74) is 2.09. The van der Waals surface area contributed by atoms with Gasteiger partial charge in [-0.3, -0.25) is 9.59 Å². The zero-order chi connectivity index (χ0) is 22.4. The minimum Gasteiger partial charge on any atom is -0.508 e. The van der Waals surface area contributed by atoms with E-state index in [0.717, 1.165) is 5.56 Å². The molecule has 0 atom stereocenters. The third-order valence-electron chi connectivity index (χ3n) is 4.37. The molecule has 160 valence electrons. The number of aromatic hydroxyl groups is 1. The third-order valence-corrected chi connectivity index (χ3v) is 5.54. The second-order valence-corrected chi connectivity index (χ2v) is 8.47. The van der Waals surface area contributed by atoms with Gasteiger partial charge in [0.05, 0.1) is 15.4 Å². The summed E-state index contributed by atoms with van der Waals surface area (Å²) < 4.78 is 7.13. The maximum atomic E-state index is 12.5. The van der Waals surface area contributed by atoms with Gasteiger partial charge in [0.15, 0.2) is 5.75 Å². The Kier molecular flexibility index (Phi) is 7.70. The average Bonchev–Trinajstić information content (AvgIpc) is 2.72. The van der Waals surface area contributed by atoms with Crippen LogP contribution in [0.5, 0.6) is 17.2 Å². The summed E-state index contributed by atoms with van der Waals surface area (Å²) in [6, 6.07) is 17.0. The van der Waals surface area contributed by atoms with Gasteiger partial charge in [-0.2, -0.15) is 0 Å². The molecule has 0 aliphatic carbocycles. The van der Waals surface area contributed by atoms with Gasteiger partial charge in [-0.1, -0.05) is 18.2 Å². The highest BCUT2D eigenvalue weighted by Gasteiger charge is 2.13. The summed E-state index contributed by atoms with van der Waals surface area (Å²) in [7, 11) is 0. The normalized spacial score (nSPS) is 10.5. The van der Waals surface area contributed by atoms with Crippen LogP contribution in [0.3, 0.4) is 0 Å². The molecule has 3 rings (SSSR count). The van der Waals surface area contributed by atoms with Gasteiger partial charge in [0, 0.05) is 12.1 Å². The molecule has 0 aliphatic rings. The SMILES string of the molecule is O=C(O)Cc1cc(Br)c(Oc2cccc(C(=O)NCCc3ccc(O)cc3)c2)c(Br)c1. The number of phenolic OH excluding ortho intramolecular Hbond substituents is 1. The van der Waals surface area contributed by atoms with Crippen molar-refractivity contribution in [1.29, 1.82) is 0 Å². The highest BCUT2D eigenvalue weighted by Crippen LogP contribution is 2.38. The largest absolute Gasteiger partial charge is 0.508 e. The smallest absolute Gasteiger partial charge is 0.307 e. The lowest BCUT2D eigenvalue weighted by molar-refractivity contribution is -0.136. The van der Waals surface area contributed by atoms with Crippen LogP contribution in [0, 0.1) is 0 Å². The zero-order valence-electron chi connectivity index (χ0n) is 16.3. The van der Waals surface area contributed by atoms with Gasteiger partial charge in [-0.05, 0) is 91.9 Å². The van der Waals surface area contributed by atoms with Crippen molar-refractivity contribution < 1.29 is 24.5 Å². The van der Waals surface area contributed by atoms with Crippen LogP contribution in [0.2, 0.25) is 0 Å². The van der Waals surface area contributed by atoms with E-state index >= 15 is 0 Å². The van der Waals surface area contributed by atoms with Gasteiger partial charge in [0.2, 0.25) is 0 Å². The van der Waals surface area contributed by atoms with E-state index < -0.39 is 5.97 Å². The molecule has 0 aromatic heterocycles. The molecule has 0 saturated carbocycles. The van der Waals surface area contributed by atoms with Crippen molar-refractivity contribution in [3.63, 3.8) is 0 Å². The Bertz CT molecular complexity index is 1080. The summed E-state index contributed by atoms with van der Waals surface area (Å²) in [6.45, 7) is 0.455. The lowest BCUT2D eigenvalue weighted by Gasteiger charge is -2.12. The summed E-state index contributed by atoms with van der Waals surface area (Å²) >= 11 is 6.82. The maximum Gasteiger partial charge on any atom is 0.307 e. The first-order valence-electron chi connectivity index (χ1n) is 9.35. The number of aliphatic carboxylic acids is 1. The van der Waals surface area contributed by atoms with E-state index in [-0.39, 0.29) is 18.1 Å². The zero-order valence-corrected chi connectivity index (χ0v) is 19.4. The molecule has 0 heterocycles. The molecule has 3 aromatic carbocycles. The standard InChI is InChI=1S/C23H19Br2NO5/c24-19-10-15(12-21(28)29)11-20(25)22(19)31-18-3-1-2-16(13-18)23(30)26-9-8-14-4-6-17(27)7-5-14/h1-7,10-11,13,27H,8-9,12H2,(H,26,30)(H,28,29). The van der Waals surface area contributed by atoms with Crippen LogP contribution in [0.1, 0.15) is 21.5 Å². The fourth-order valence-electron chi connectivity index (χ4n) is 2.89. The minimum atomic E-state index is -0.920. The fraction of sp³-hybridized carbons (Fsp3) is 0.130. The van der Waals surface area contributed by atoms with Gasteiger partial charge in [0.25, 0.3) is 5.91 Å². The van der Waals surface area contributed by atoms with Crippen LogP contribution in [0.15, 0.2) is 69.6 Å². The number of halogens is 2. The van der Waals surface area contributed by atoms with Gasteiger partial charge in [0.1, 0.15) is 11.5 Å². The number of nitrogens with one attached hydrogen (secondary N) is 1. The molecule has 0 spiro atoms. The molecule has 1 amide bonds. The van der Waals surface area contributed by atoms with Crippen molar-refractivity contribution in [2.75, 3.05) is 6.54 Å². The van der Waals surface area contributed by atoms with E-state index in [1.54, 1.807) is 48.5 Å². The number of benzene rings is 3. The van der Waals surface area contributed by atoms with Crippen molar-refractivity contribution >= 4 is 43.7 Å². The van der Waals surface area contributed by atoms with E-state index in [9.17, 15) is 14.7 Å². The van der Waals surface area contributed by atoms with Gasteiger partial charge in [-0.25, -0.2) is 0 Å². The maximum absolute atomic E-state index is 12.5. The van der Waals surface area contributed by atoms with Crippen LogP contribution in [0.4, 0.5) is 0 Å². The first-order chi connectivity index (χ1) is 14.8. The first kappa shape index (κ1) is 22.8. The molecule has 0 saturated heterocycles. The molecule has 0 unspecified atom stereocenters. The molecule has 0 aliphatic heterocycles. The molecule has 3 N–H and O–H groups in total. The molecule has 0 radical (unpaired) electrons. The molecule has 31 heavy (non-hydrogen) atoms. The molecule has 8 heteroatoms. The first-order valence-corrected chi connectivity index (χ1v) is 10.9. The molecule has 3 aromatic rings. The van der Waals surface area contributed by atoms with Crippen molar-refractivity contribution in [2.45, 2.75) is 12.8 Å². The number of amides is 1. The second kappa shape index (κ2) is 10.5. The van der Waals surface area contributed by atoms with Crippen molar-refractivity contribution in [3.8, 4) is 17.2 Å². The van der Waals surface area contributed by atoms with E-state index in [4.69, 9.17) is 9.84 Å². The Morgan fingerprint density at radius 3 is 2.26 bits per heavy atom. The average molecular weight is 549 g/mol. The molecule has 0 bridgehead atoms. The van der Waals surface area contributed by atoms with Crippen LogP contribution in [0.25, 0.3) is 0 Å². The van der Waals surface area contributed by atoms with Crippen molar-refractivity contribution in [3.05, 3.63) is 86.3 Å². The topological polar surface area (TPSA) is 95.9 Å². The minimum absolute atomic E-state index is 0.0999. The monoisotopic (exact) mass is 547 g/mol. The molecule has 0 fully saturated rings. The van der Waals surface area contributed by atoms with E-state index in [1.165, 1.54) is 0 Å². The van der Waals surface area contributed by atoms with Crippen molar-refractivity contribution in [2.24, 2.45) is 0 Å². The Morgan fingerprint density at radius 2 is 1.61 bits per heavy atom. The number of rotatable bonds is 8. The summed E-state index contributed by atoms with van der Waals surface area (Å²) in [5, 5.41) is 21.2. The summed E-state index contributed by atoms with van der Waals surface area (Å²) in [4.78, 5) is 23.4.